The zero-order chi connectivity index (χ0) is 12.3. The van der Waals surface area contributed by atoms with Crippen LogP contribution in [-0.2, 0) is 4.79 Å². The Morgan fingerprint density at radius 1 is 1.75 bits per heavy atom. The molecular formula is C9H14N4O3. The summed E-state index contributed by atoms with van der Waals surface area (Å²) in [4.78, 5) is 21.5. The minimum atomic E-state index is -0.569. The molecule has 0 saturated carbocycles. The van der Waals surface area contributed by atoms with Crippen LogP contribution >= 0.6 is 0 Å². The highest BCUT2D eigenvalue weighted by Gasteiger charge is 2.25. The van der Waals surface area contributed by atoms with E-state index >= 15 is 0 Å². The first kappa shape index (κ1) is 12.2. The van der Waals surface area contributed by atoms with Gasteiger partial charge < -0.3 is 15.4 Å². The molecule has 1 aromatic heterocycles. The Morgan fingerprint density at radius 3 is 2.75 bits per heavy atom. The zero-order valence-corrected chi connectivity index (χ0v) is 9.43. The van der Waals surface area contributed by atoms with Crippen LogP contribution in [0.4, 0.5) is 5.82 Å². The lowest BCUT2D eigenvalue weighted by atomic mass is 10.2. The number of rotatable bonds is 4. The molecule has 1 heterocycles. The number of nitrogens with one attached hydrogen (secondary N) is 1. The molecule has 0 aliphatic heterocycles. The highest BCUT2D eigenvalue weighted by molar-refractivity contribution is 5.79. The highest BCUT2D eigenvalue weighted by atomic mass is 16.6. The molecule has 0 saturated heterocycles. The van der Waals surface area contributed by atoms with E-state index in [1.807, 2.05) is 6.92 Å². The lowest BCUT2D eigenvalue weighted by Crippen LogP contribution is -2.30. The number of hydrogen-bond acceptors (Lipinski definition) is 4. The van der Waals surface area contributed by atoms with Crippen molar-refractivity contribution in [3.05, 3.63) is 21.9 Å². The number of nitrogens with zero attached hydrogens (tertiary/aromatic N) is 3. The van der Waals surface area contributed by atoms with Gasteiger partial charge in [-0.2, -0.15) is 4.68 Å². The average molecular weight is 226 g/mol. The normalized spacial score (nSPS) is 12.2. The van der Waals surface area contributed by atoms with Crippen molar-refractivity contribution in [3.63, 3.8) is 0 Å². The van der Waals surface area contributed by atoms with Crippen molar-refractivity contribution >= 4 is 11.7 Å². The standard InChI is InChI=1S/C9H14N4O3/c1-4-7(9(14)10-3)12-6(2)5-8(11-12)13(15)16/h5,7H,4H2,1-3H3,(H,10,14). The molecule has 0 aliphatic carbocycles. The Hall–Kier alpha value is -1.92. The number of aryl methyl sites for hydroxylation is 1. The molecule has 1 unspecified atom stereocenters. The number of aromatic nitrogens is 2. The first-order chi connectivity index (χ1) is 7.51. The molecule has 0 bridgehead atoms. The van der Waals surface area contributed by atoms with Crippen molar-refractivity contribution in [2.24, 2.45) is 0 Å². The van der Waals surface area contributed by atoms with Crippen LogP contribution in [0.2, 0.25) is 0 Å². The van der Waals surface area contributed by atoms with Crippen LogP contribution in [-0.4, -0.2) is 27.7 Å². The maximum absolute atomic E-state index is 11.5. The van der Waals surface area contributed by atoms with Gasteiger partial charge in [0.15, 0.2) is 6.04 Å². The lowest BCUT2D eigenvalue weighted by molar-refractivity contribution is -0.389. The Morgan fingerprint density at radius 2 is 2.38 bits per heavy atom. The summed E-state index contributed by atoms with van der Waals surface area (Å²) >= 11 is 0. The van der Waals surface area contributed by atoms with Crippen LogP contribution in [0.1, 0.15) is 25.1 Å². The van der Waals surface area contributed by atoms with E-state index in [1.165, 1.54) is 17.8 Å². The predicted octanol–water partition coefficient (Wildman–Crippen LogP) is 0.797. The largest absolute Gasteiger partial charge is 0.390 e. The van der Waals surface area contributed by atoms with Crippen LogP contribution in [0.15, 0.2) is 6.07 Å². The van der Waals surface area contributed by atoms with E-state index in [0.29, 0.717) is 12.1 Å². The number of amides is 1. The molecule has 0 fully saturated rings. The minimum absolute atomic E-state index is 0.205. The van der Waals surface area contributed by atoms with Gasteiger partial charge in [-0.15, -0.1) is 0 Å². The molecule has 0 spiro atoms. The predicted molar refractivity (Wildman–Crippen MR) is 57.0 cm³/mol. The highest BCUT2D eigenvalue weighted by Crippen LogP contribution is 2.18. The van der Waals surface area contributed by atoms with Crippen LogP contribution in [0.25, 0.3) is 0 Å². The topological polar surface area (TPSA) is 90.1 Å². The fourth-order valence-electron chi connectivity index (χ4n) is 1.51. The van der Waals surface area contributed by atoms with Crippen molar-refractivity contribution in [2.45, 2.75) is 26.3 Å². The maximum Gasteiger partial charge on any atom is 0.390 e. The van der Waals surface area contributed by atoms with Crippen LogP contribution < -0.4 is 5.32 Å². The van der Waals surface area contributed by atoms with E-state index in [2.05, 4.69) is 10.4 Å². The molecule has 7 heteroatoms. The molecule has 1 aromatic rings. The van der Waals surface area contributed by atoms with Gasteiger partial charge in [0.25, 0.3) is 0 Å². The smallest absolute Gasteiger partial charge is 0.358 e. The summed E-state index contributed by atoms with van der Waals surface area (Å²) in [6.45, 7) is 3.51. The molecule has 0 radical (unpaired) electrons. The summed E-state index contributed by atoms with van der Waals surface area (Å²) in [6, 6.07) is 0.852. The van der Waals surface area contributed by atoms with E-state index in [0.717, 1.165) is 0 Å². The third-order valence-electron chi connectivity index (χ3n) is 2.33. The van der Waals surface area contributed by atoms with Gasteiger partial charge in [-0.3, -0.25) is 4.79 Å². The van der Waals surface area contributed by atoms with Gasteiger partial charge in [0.05, 0.1) is 16.9 Å². The summed E-state index contributed by atoms with van der Waals surface area (Å²) in [5.74, 6) is -0.441. The van der Waals surface area contributed by atoms with Crippen molar-refractivity contribution in [1.29, 1.82) is 0 Å². The number of likely N-dealkylation sites (N-methyl/N-ethyl adjacent to an activating group) is 1. The van der Waals surface area contributed by atoms with Crippen LogP contribution in [0.3, 0.4) is 0 Å². The summed E-state index contributed by atoms with van der Waals surface area (Å²) in [5.41, 5.74) is 0.599. The summed E-state index contributed by atoms with van der Waals surface area (Å²) < 4.78 is 1.39. The molecular weight excluding hydrogens is 212 g/mol. The van der Waals surface area contributed by atoms with Gasteiger partial charge in [0, 0.05) is 7.05 Å². The number of nitro groups is 1. The van der Waals surface area contributed by atoms with Crippen molar-refractivity contribution in [3.8, 4) is 0 Å². The molecule has 88 valence electrons. The molecule has 1 amide bonds. The van der Waals surface area contributed by atoms with E-state index in [-0.39, 0.29) is 11.7 Å². The van der Waals surface area contributed by atoms with Gasteiger partial charge in [-0.1, -0.05) is 6.92 Å². The Bertz CT molecular complexity index is 413. The Labute approximate surface area is 92.6 Å². The molecule has 0 aliphatic rings. The van der Waals surface area contributed by atoms with E-state index < -0.39 is 11.0 Å². The van der Waals surface area contributed by atoms with Crippen LogP contribution in [0, 0.1) is 17.0 Å². The van der Waals surface area contributed by atoms with E-state index in [9.17, 15) is 14.9 Å². The van der Waals surface area contributed by atoms with Crippen LogP contribution in [0.5, 0.6) is 0 Å². The first-order valence-corrected chi connectivity index (χ1v) is 4.93. The van der Waals surface area contributed by atoms with Gasteiger partial charge in [-0.05, 0) is 18.3 Å². The molecule has 1 N–H and O–H groups in total. The quantitative estimate of drug-likeness (QED) is 0.607. The molecule has 1 rings (SSSR count). The Kier molecular flexibility index (Phi) is 3.60. The number of hydrogen-bond donors (Lipinski definition) is 1. The summed E-state index contributed by atoms with van der Waals surface area (Å²) in [7, 11) is 1.53. The third kappa shape index (κ3) is 2.18. The molecule has 0 aromatic carbocycles. The van der Waals surface area contributed by atoms with Gasteiger partial charge in [-0.25, -0.2) is 0 Å². The molecule has 16 heavy (non-hydrogen) atoms. The monoisotopic (exact) mass is 226 g/mol. The van der Waals surface area contributed by atoms with Gasteiger partial charge in [0.2, 0.25) is 5.91 Å². The second kappa shape index (κ2) is 4.73. The molecule has 7 nitrogen and oxygen atoms in total. The van der Waals surface area contributed by atoms with Crippen molar-refractivity contribution < 1.29 is 9.72 Å². The van der Waals surface area contributed by atoms with Crippen molar-refractivity contribution in [1.82, 2.24) is 15.1 Å². The lowest BCUT2D eigenvalue weighted by Gasteiger charge is -2.11. The Balaban J connectivity index is 3.10. The second-order valence-corrected chi connectivity index (χ2v) is 3.38. The number of carbonyl (C=O) groups is 1. The second-order valence-electron chi connectivity index (χ2n) is 3.38. The summed E-state index contributed by atoms with van der Waals surface area (Å²) in [6.07, 6.45) is 0.527. The van der Waals surface area contributed by atoms with Crippen molar-refractivity contribution in [2.75, 3.05) is 7.05 Å². The molecule has 1 atom stereocenters. The van der Waals surface area contributed by atoms with Gasteiger partial charge >= 0.3 is 5.82 Å². The third-order valence-corrected chi connectivity index (χ3v) is 2.33. The number of carbonyl (C=O) groups excluding carboxylic acids is 1. The summed E-state index contributed by atoms with van der Waals surface area (Å²) in [5, 5.41) is 16.9. The van der Waals surface area contributed by atoms with E-state index in [4.69, 9.17) is 0 Å². The minimum Gasteiger partial charge on any atom is -0.358 e. The van der Waals surface area contributed by atoms with E-state index in [1.54, 1.807) is 6.92 Å². The zero-order valence-electron chi connectivity index (χ0n) is 9.43. The average Bonchev–Trinajstić information content (AvgIpc) is 2.62. The van der Waals surface area contributed by atoms with Gasteiger partial charge in [0.1, 0.15) is 0 Å². The maximum atomic E-state index is 11.5. The first-order valence-electron chi connectivity index (χ1n) is 4.93. The fourth-order valence-corrected chi connectivity index (χ4v) is 1.51. The SMILES string of the molecule is CCC(C(=O)NC)n1nc([N+](=O)[O-])cc1C. The fraction of sp³-hybridized carbons (Fsp3) is 0.556.